The van der Waals surface area contributed by atoms with Gasteiger partial charge in [0, 0.05) is 42.8 Å². The Kier molecular flexibility index (Phi) is 3.41. The Bertz CT molecular complexity index is 847. The molecule has 2 aromatic heterocycles. The summed E-state index contributed by atoms with van der Waals surface area (Å²) in [6.07, 6.45) is 7.86. The lowest BCUT2D eigenvalue weighted by molar-refractivity contribution is 0.0678. The standard InChI is InChI=1S/C18H20N4O/c1-13-19-8-10-22(13)16-3-2-9-21(12-16)18(23)15-5-4-14-6-7-20-17(14)11-15/h4-8,10-11,16,20H,2-3,9,12H2,1H3/t16-/m0/s1. The van der Waals surface area contributed by atoms with Crippen LogP contribution in [0.4, 0.5) is 0 Å². The first-order chi connectivity index (χ1) is 11.2. The smallest absolute Gasteiger partial charge is 0.254 e. The number of aromatic amines is 1. The van der Waals surface area contributed by atoms with E-state index in [0.717, 1.165) is 48.2 Å². The van der Waals surface area contributed by atoms with E-state index in [2.05, 4.69) is 14.5 Å². The van der Waals surface area contributed by atoms with E-state index in [-0.39, 0.29) is 5.91 Å². The van der Waals surface area contributed by atoms with Gasteiger partial charge in [-0.2, -0.15) is 0 Å². The van der Waals surface area contributed by atoms with E-state index in [4.69, 9.17) is 0 Å². The summed E-state index contributed by atoms with van der Waals surface area (Å²) in [7, 11) is 0. The van der Waals surface area contributed by atoms with Crippen LogP contribution < -0.4 is 0 Å². The van der Waals surface area contributed by atoms with E-state index < -0.39 is 0 Å². The topological polar surface area (TPSA) is 53.9 Å². The fourth-order valence-electron chi connectivity index (χ4n) is 3.50. The molecule has 1 aliphatic rings. The minimum absolute atomic E-state index is 0.115. The van der Waals surface area contributed by atoms with Crippen molar-refractivity contribution >= 4 is 16.8 Å². The van der Waals surface area contributed by atoms with Crippen LogP contribution in [0, 0.1) is 6.92 Å². The van der Waals surface area contributed by atoms with Gasteiger partial charge < -0.3 is 14.5 Å². The first-order valence-corrected chi connectivity index (χ1v) is 8.08. The predicted octanol–water partition coefficient (Wildman–Crippen LogP) is 3.15. The normalized spacial score (nSPS) is 18.5. The van der Waals surface area contributed by atoms with Crippen LogP contribution in [0.15, 0.2) is 42.9 Å². The fraction of sp³-hybridized carbons (Fsp3) is 0.333. The first-order valence-electron chi connectivity index (χ1n) is 8.08. The van der Waals surface area contributed by atoms with E-state index in [1.807, 2.05) is 54.7 Å². The van der Waals surface area contributed by atoms with Crippen molar-refractivity contribution in [3.63, 3.8) is 0 Å². The molecule has 0 bridgehead atoms. The molecule has 3 aromatic rings. The van der Waals surface area contributed by atoms with Crippen LogP contribution in [0.2, 0.25) is 0 Å². The van der Waals surface area contributed by atoms with Crippen LogP contribution in [0.1, 0.15) is 35.1 Å². The highest BCUT2D eigenvalue weighted by atomic mass is 16.2. The number of amides is 1. The minimum atomic E-state index is 0.115. The maximum absolute atomic E-state index is 12.9. The lowest BCUT2D eigenvalue weighted by Gasteiger charge is -2.34. The van der Waals surface area contributed by atoms with E-state index >= 15 is 0 Å². The van der Waals surface area contributed by atoms with Crippen molar-refractivity contribution in [3.8, 4) is 0 Å². The van der Waals surface area contributed by atoms with Gasteiger partial charge in [-0.25, -0.2) is 4.98 Å². The molecular formula is C18H20N4O. The van der Waals surface area contributed by atoms with Gasteiger partial charge in [-0.3, -0.25) is 4.79 Å². The largest absolute Gasteiger partial charge is 0.361 e. The highest BCUT2D eigenvalue weighted by Gasteiger charge is 2.26. The molecule has 0 aliphatic carbocycles. The molecule has 118 valence electrons. The summed E-state index contributed by atoms with van der Waals surface area (Å²) in [6, 6.07) is 8.21. The fourth-order valence-corrected chi connectivity index (χ4v) is 3.50. The summed E-state index contributed by atoms with van der Waals surface area (Å²) in [4.78, 5) is 22.3. The molecular weight excluding hydrogens is 288 g/mol. The second kappa shape index (κ2) is 5.57. The number of aryl methyl sites for hydroxylation is 1. The molecule has 23 heavy (non-hydrogen) atoms. The maximum atomic E-state index is 12.9. The molecule has 1 aromatic carbocycles. The van der Waals surface area contributed by atoms with Gasteiger partial charge in [0.25, 0.3) is 5.91 Å². The van der Waals surface area contributed by atoms with Crippen molar-refractivity contribution < 1.29 is 4.79 Å². The average Bonchev–Trinajstić information content (AvgIpc) is 3.22. The number of rotatable bonds is 2. The zero-order valence-electron chi connectivity index (χ0n) is 13.2. The second-order valence-corrected chi connectivity index (χ2v) is 6.21. The van der Waals surface area contributed by atoms with Crippen LogP contribution in [0.3, 0.4) is 0 Å². The number of carbonyl (C=O) groups is 1. The third kappa shape index (κ3) is 2.52. The number of piperidine rings is 1. The number of fused-ring (bicyclic) bond motifs is 1. The molecule has 0 saturated carbocycles. The van der Waals surface area contributed by atoms with Crippen molar-refractivity contribution in [1.29, 1.82) is 0 Å². The zero-order valence-corrected chi connectivity index (χ0v) is 13.2. The number of hydrogen-bond donors (Lipinski definition) is 1. The SMILES string of the molecule is Cc1nccn1[C@H]1CCCN(C(=O)c2ccc3cc[nH]c3c2)C1. The number of imidazole rings is 1. The molecule has 1 aliphatic heterocycles. The lowest BCUT2D eigenvalue weighted by Crippen LogP contribution is -2.40. The number of H-pyrrole nitrogens is 1. The Morgan fingerprint density at radius 1 is 1.35 bits per heavy atom. The zero-order chi connectivity index (χ0) is 15.8. The summed E-state index contributed by atoms with van der Waals surface area (Å²) >= 11 is 0. The van der Waals surface area contributed by atoms with Crippen molar-refractivity contribution in [2.24, 2.45) is 0 Å². The van der Waals surface area contributed by atoms with Crippen LogP contribution in [0.5, 0.6) is 0 Å². The molecule has 0 spiro atoms. The van der Waals surface area contributed by atoms with Crippen LogP contribution in [-0.2, 0) is 0 Å². The number of likely N-dealkylation sites (tertiary alicyclic amines) is 1. The second-order valence-electron chi connectivity index (χ2n) is 6.21. The van der Waals surface area contributed by atoms with Crippen molar-refractivity contribution in [2.75, 3.05) is 13.1 Å². The average molecular weight is 308 g/mol. The predicted molar refractivity (Wildman–Crippen MR) is 89.4 cm³/mol. The van der Waals surface area contributed by atoms with Gasteiger partial charge in [-0.05, 0) is 43.4 Å². The monoisotopic (exact) mass is 308 g/mol. The van der Waals surface area contributed by atoms with Crippen LogP contribution in [0.25, 0.3) is 10.9 Å². The molecule has 1 saturated heterocycles. The van der Waals surface area contributed by atoms with Gasteiger partial charge in [0.1, 0.15) is 5.82 Å². The molecule has 4 rings (SSSR count). The summed E-state index contributed by atoms with van der Waals surface area (Å²) in [5.41, 5.74) is 1.76. The summed E-state index contributed by atoms with van der Waals surface area (Å²) in [5, 5.41) is 1.13. The summed E-state index contributed by atoms with van der Waals surface area (Å²) in [6.45, 7) is 3.59. The lowest BCUT2D eigenvalue weighted by atomic mass is 10.0. The number of carbonyl (C=O) groups excluding carboxylic acids is 1. The van der Waals surface area contributed by atoms with Gasteiger partial charge in [0.05, 0.1) is 6.04 Å². The molecule has 1 amide bonds. The number of nitrogens with one attached hydrogen (secondary N) is 1. The third-order valence-electron chi connectivity index (χ3n) is 4.74. The Morgan fingerprint density at radius 3 is 3.09 bits per heavy atom. The molecule has 0 radical (unpaired) electrons. The van der Waals surface area contributed by atoms with Crippen molar-refractivity contribution in [3.05, 3.63) is 54.2 Å². The third-order valence-corrected chi connectivity index (χ3v) is 4.74. The number of hydrogen-bond acceptors (Lipinski definition) is 2. The molecule has 5 heteroatoms. The van der Waals surface area contributed by atoms with E-state index in [1.165, 1.54) is 0 Å². The quantitative estimate of drug-likeness (QED) is 0.790. The molecule has 1 fully saturated rings. The Labute approximate surface area is 134 Å². The van der Waals surface area contributed by atoms with E-state index in [1.54, 1.807) is 0 Å². The Morgan fingerprint density at radius 2 is 2.26 bits per heavy atom. The highest BCUT2D eigenvalue weighted by molar-refractivity contribution is 5.98. The Hall–Kier alpha value is -2.56. The van der Waals surface area contributed by atoms with Gasteiger partial charge >= 0.3 is 0 Å². The number of nitrogens with zero attached hydrogens (tertiary/aromatic N) is 3. The van der Waals surface area contributed by atoms with Crippen molar-refractivity contribution in [1.82, 2.24) is 19.4 Å². The van der Waals surface area contributed by atoms with Crippen LogP contribution >= 0.6 is 0 Å². The molecule has 1 atom stereocenters. The van der Waals surface area contributed by atoms with Gasteiger partial charge in [0.15, 0.2) is 0 Å². The Balaban J connectivity index is 1.56. The number of aromatic nitrogens is 3. The summed E-state index contributed by atoms with van der Waals surface area (Å²) in [5.74, 6) is 1.13. The molecule has 1 N–H and O–H groups in total. The maximum Gasteiger partial charge on any atom is 0.254 e. The molecule has 5 nitrogen and oxygen atoms in total. The minimum Gasteiger partial charge on any atom is -0.361 e. The van der Waals surface area contributed by atoms with Gasteiger partial charge in [-0.15, -0.1) is 0 Å². The van der Waals surface area contributed by atoms with Gasteiger partial charge in [-0.1, -0.05) is 6.07 Å². The van der Waals surface area contributed by atoms with E-state index in [9.17, 15) is 4.79 Å². The molecule has 3 heterocycles. The first kappa shape index (κ1) is 14.1. The summed E-state index contributed by atoms with van der Waals surface area (Å²) < 4.78 is 2.19. The van der Waals surface area contributed by atoms with Gasteiger partial charge in [0.2, 0.25) is 0 Å². The molecule has 0 unspecified atom stereocenters. The van der Waals surface area contributed by atoms with E-state index in [0.29, 0.717) is 6.04 Å². The van der Waals surface area contributed by atoms with Crippen molar-refractivity contribution in [2.45, 2.75) is 25.8 Å². The number of benzene rings is 1. The highest BCUT2D eigenvalue weighted by Crippen LogP contribution is 2.24. The van der Waals surface area contributed by atoms with Crippen LogP contribution in [-0.4, -0.2) is 38.4 Å².